The Bertz CT molecular complexity index is 104. The molecule has 0 amide bonds. The molecule has 0 aromatic carbocycles. The number of hydrogen-bond acceptors (Lipinski definition) is 6. The van der Waals surface area contributed by atoms with E-state index in [1.54, 1.807) is 0 Å². The Morgan fingerprint density at radius 2 is 1.80 bits per heavy atom. The molecule has 6 heteroatoms. The molecule has 0 heterocycles. The summed E-state index contributed by atoms with van der Waals surface area (Å²) in [5, 5.41) is 33.1. The Hall–Kier alpha value is -0.530. The minimum atomic E-state index is -1.97. The van der Waals surface area contributed by atoms with Crippen LogP contribution in [-0.4, -0.2) is 45.4 Å². The van der Waals surface area contributed by atoms with E-state index in [1.807, 2.05) is 0 Å². The van der Waals surface area contributed by atoms with E-state index in [1.165, 1.54) is 0 Å². The van der Waals surface area contributed by atoms with Gasteiger partial charge >= 0.3 is 0 Å². The number of hydrogen-bond donors (Lipinski definition) is 4. The maximum absolute atomic E-state index is 9.71. The highest BCUT2D eigenvalue weighted by Crippen LogP contribution is 1.97. The maximum atomic E-state index is 9.71. The molecule has 0 saturated heterocycles. The van der Waals surface area contributed by atoms with Gasteiger partial charge in [0.15, 0.2) is 6.29 Å². The molecule has 60 valence electrons. The summed E-state index contributed by atoms with van der Waals surface area (Å²) in [7, 11) is 0. The molecule has 0 aliphatic rings. The van der Waals surface area contributed by atoms with Crippen LogP contribution in [0.5, 0.6) is 0 Å². The van der Waals surface area contributed by atoms with Crippen molar-refractivity contribution < 1.29 is 30.3 Å². The molecule has 0 aromatic heterocycles. The molecule has 3 atom stereocenters. The van der Waals surface area contributed by atoms with Gasteiger partial charge in [-0.3, -0.25) is 0 Å². The van der Waals surface area contributed by atoms with E-state index < -0.39 is 18.5 Å². The summed E-state index contributed by atoms with van der Waals surface area (Å²) in [6.45, 7) is 0. The normalized spacial score (nSPS) is 19.6. The first-order valence-corrected chi connectivity index (χ1v) is 2.43. The van der Waals surface area contributed by atoms with Gasteiger partial charge in [-0.05, 0) is 0 Å². The van der Waals surface area contributed by atoms with Crippen LogP contribution in [0.3, 0.4) is 0 Å². The van der Waals surface area contributed by atoms with Crippen LogP contribution in [-0.2, 0) is 9.68 Å². The number of aliphatic hydroxyl groups is 3. The quantitative estimate of drug-likeness (QED) is 0.156. The fourth-order valence-corrected chi connectivity index (χ4v) is 0.312. The summed E-state index contributed by atoms with van der Waals surface area (Å²) in [5.41, 5.74) is 0. The predicted molar refractivity (Wildman–Crippen MR) is 27.8 cm³/mol. The zero-order valence-electron chi connectivity index (χ0n) is 4.91. The third-order valence-corrected chi connectivity index (χ3v) is 0.889. The standard InChI is InChI=1S/C4H8O6/c5-1-2(6)3(7)4(8)10-9/h1-4,6-9H/t2-,3-,4+/m0/s1. The Morgan fingerprint density at radius 3 is 2.10 bits per heavy atom. The van der Waals surface area contributed by atoms with Gasteiger partial charge in [-0.1, -0.05) is 0 Å². The zero-order valence-corrected chi connectivity index (χ0v) is 4.91. The van der Waals surface area contributed by atoms with Crippen LogP contribution in [0.2, 0.25) is 0 Å². The zero-order chi connectivity index (χ0) is 8.15. The van der Waals surface area contributed by atoms with Gasteiger partial charge in [0, 0.05) is 0 Å². The van der Waals surface area contributed by atoms with E-state index in [4.69, 9.17) is 20.6 Å². The van der Waals surface area contributed by atoms with Gasteiger partial charge in [0.2, 0.25) is 6.29 Å². The van der Waals surface area contributed by atoms with E-state index in [2.05, 4.69) is 4.89 Å². The van der Waals surface area contributed by atoms with Crippen molar-refractivity contribution in [3.8, 4) is 0 Å². The van der Waals surface area contributed by atoms with E-state index in [0.717, 1.165) is 0 Å². The van der Waals surface area contributed by atoms with Crippen molar-refractivity contribution in [2.45, 2.75) is 18.5 Å². The number of aldehydes is 1. The molecule has 0 saturated carbocycles. The van der Waals surface area contributed by atoms with Crippen molar-refractivity contribution >= 4 is 6.29 Å². The first-order chi connectivity index (χ1) is 4.63. The molecule has 0 fully saturated rings. The molecular weight excluding hydrogens is 144 g/mol. The van der Waals surface area contributed by atoms with Crippen molar-refractivity contribution in [1.82, 2.24) is 0 Å². The van der Waals surface area contributed by atoms with Crippen molar-refractivity contribution in [3.05, 3.63) is 0 Å². The predicted octanol–water partition coefficient (Wildman–Crippen LogP) is -2.28. The van der Waals surface area contributed by atoms with Crippen LogP contribution in [0.4, 0.5) is 0 Å². The lowest BCUT2D eigenvalue weighted by atomic mass is 10.2. The summed E-state index contributed by atoms with van der Waals surface area (Å²) in [4.78, 5) is 12.9. The molecular formula is C4H8O6. The van der Waals surface area contributed by atoms with Crippen molar-refractivity contribution in [2.24, 2.45) is 0 Å². The summed E-state index contributed by atoms with van der Waals surface area (Å²) in [5.74, 6) is 0. The monoisotopic (exact) mass is 152 g/mol. The topological polar surface area (TPSA) is 107 Å². The Balaban J connectivity index is 3.80. The van der Waals surface area contributed by atoms with E-state index >= 15 is 0 Å². The molecule has 0 bridgehead atoms. The molecule has 0 aromatic rings. The second kappa shape index (κ2) is 4.31. The Kier molecular flexibility index (Phi) is 4.08. The minimum absolute atomic E-state index is 0.00685. The first kappa shape index (κ1) is 9.47. The molecule has 10 heavy (non-hydrogen) atoms. The van der Waals surface area contributed by atoms with Gasteiger partial charge in [0.1, 0.15) is 12.2 Å². The average Bonchev–Trinajstić information content (AvgIpc) is 2.00. The van der Waals surface area contributed by atoms with E-state index in [-0.39, 0.29) is 6.29 Å². The molecule has 0 radical (unpaired) electrons. The van der Waals surface area contributed by atoms with Gasteiger partial charge in [0.25, 0.3) is 0 Å². The van der Waals surface area contributed by atoms with Crippen LogP contribution in [0, 0.1) is 0 Å². The molecule has 6 nitrogen and oxygen atoms in total. The largest absolute Gasteiger partial charge is 0.384 e. The second-order valence-electron chi connectivity index (χ2n) is 1.61. The smallest absolute Gasteiger partial charge is 0.217 e. The number of aliphatic hydroxyl groups excluding tert-OH is 3. The lowest BCUT2D eigenvalue weighted by Crippen LogP contribution is -2.39. The Morgan fingerprint density at radius 1 is 1.30 bits per heavy atom. The number of carbonyl (C=O) groups is 1. The van der Waals surface area contributed by atoms with Crippen LogP contribution < -0.4 is 0 Å². The molecule has 0 aliphatic carbocycles. The molecule has 0 spiro atoms. The summed E-state index contributed by atoms with van der Waals surface area (Å²) in [6, 6.07) is 0. The maximum Gasteiger partial charge on any atom is 0.217 e. The van der Waals surface area contributed by atoms with Gasteiger partial charge in [-0.15, -0.1) is 0 Å². The molecule has 0 rings (SSSR count). The van der Waals surface area contributed by atoms with Crippen molar-refractivity contribution in [3.63, 3.8) is 0 Å². The molecule has 0 unspecified atom stereocenters. The lowest BCUT2D eigenvalue weighted by Gasteiger charge is -2.15. The van der Waals surface area contributed by atoms with Gasteiger partial charge in [0.05, 0.1) is 0 Å². The van der Waals surface area contributed by atoms with Crippen molar-refractivity contribution in [1.29, 1.82) is 0 Å². The van der Waals surface area contributed by atoms with Crippen LogP contribution in [0.25, 0.3) is 0 Å². The highest BCUT2D eigenvalue weighted by atomic mass is 17.1. The third-order valence-electron chi connectivity index (χ3n) is 0.889. The highest BCUT2D eigenvalue weighted by Gasteiger charge is 2.24. The highest BCUT2D eigenvalue weighted by molar-refractivity contribution is 5.56. The van der Waals surface area contributed by atoms with Crippen LogP contribution in [0.15, 0.2) is 0 Å². The Labute approximate surface area is 56.2 Å². The van der Waals surface area contributed by atoms with Gasteiger partial charge < -0.3 is 20.1 Å². The van der Waals surface area contributed by atoms with Gasteiger partial charge in [-0.25, -0.2) is 10.1 Å². The third kappa shape index (κ3) is 2.38. The molecule has 0 aliphatic heterocycles. The fourth-order valence-electron chi connectivity index (χ4n) is 0.312. The van der Waals surface area contributed by atoms with Gasteiger partial charge in [-0.2, -0.15) is 0 Å². The average molecular weight is 152 g/mol. The lowest BCUT2D eigenvalue weighted by molar-refractivity contribution is -0.358. The number of carbonyl (C=O) groups excluding carboxylic acids is 1. The number of rotatable bonds is 4. The van der Waals surface area contributed by atoms with E-state index in [0.29, 0.717) is 0 Å². The van der Waals surface area contributed by atoms with Crippen LogP contribution in [0.1, 0.15) is 0 Å². The second-order valence-corrected chi connectivity index (χ2v) is 1.61. The van der Waals surface area contributed by atoms with Crippen LogP contribution >= 0.6 is 0 Å². The van der Waals surface area contributed by atoms with E-state index in [9.17, 15) is 4.79 Å². The summed E-state index contributed by atoms with van der Waals surface area (Å²) >= 11 is 0. The summed E-state index contributed by atoms with van der Waals surface area (Å²) in [6.07, 6.45) is -5.56. The summed E-state index contributed by atoms with van der Waals surface area (Å²) < 4.78 is 0. The first-order valence-electron chi connectivity index (χ1n) is 2.43. The molecule has 4 N–H and O–H groups in total. The fraction of sp³-hybridized carbons (Fsp3) is 0.750. The van der Waals surface area contributed by atoms with Crippen molar-refractivity contribution in [2.75, 3.05) is 0 Å². The minimum Gasteiger partial charge on any atom is -0.384 e. The SMILES string of the molecule is O=C[C@H](O)[C@H](O)[C@H](O)OO.